The van der Waals surface area contributed by atoms with Gasteiger partial charge in [0.15, 0.2) is 0 Å². The molecular weight excluding hydrogens is 146 g/mol. The Hall–Kier alpha value is -0.220. The molecule has 2 bridgehead atoms. The monoisotopic (exact) mass is 155 g/mol. The first-order chi connectivity index (χ1) is 4.74. The first-order valence-corrected chi connectivity index (χ1v) is 4.22. The lowest BCUT2D eigenvalue weighted by atomic mass is 9.89. The minimum atomic E-state index is -0.469. The Labute approximate surface area is 66.0 Å². The predicted octanol–water partition coefficient (Wildman–Crippen LogP) is 2.31. The Balaban J connectivity index is 2.24. The van der Waals surface area contributed by atoms with E-state index >= 15 is 0 Å². The van der Waals surface area contributed by atoms with Crippen molar-refractivity contribution in [3.05, 3.63) is 0 Å². The number of rotatable bonds is 0. The van der Waals surface area contributed by atoms with Gasteiger partial charge in [-0.1, -0.05) is 0 Å². The molecule has 54 valence electrons. The highest BCUT2D eigenvalue weighted by atomic mass is 35.5. The van der Waals surface area contributed by atoms with Crippen LogP contribution in [0.1, 0.15) is 25.7 Å². The minimum Gasteiger partial charge on any atom is -0.196 e. The van der Waals surface area contributed by atoms with Gasteiger partial charge in [-0.2, -0.15) is 5.26 Å². The lowest BCUT2D eigenvalue weighted by molar-refractivity contribution is 0.429. The number of hydrogen-bond donors (Lipinski definition) is 0. The highest BCUT2D eigenvalue weighted by molar-refractivity contribution is 6.26. The van der Waals surface area contributed by atoms with Crippen LogP contribution in [0, 0.1) is 23.2 Å². The summed E-state index contributed by atoms with van der Waals surface area (Å²) in [6, 6.07) is 2.24. The largest absolute Gasteiger partial charge is 0.196 e. The number of hydrogen-bond acceptors (Lipinski definition) is 1. The average Bonchev–Trinajstić information content (AvgIpc) is 2.46. The molecule has 3 atom stereocenters. The fraction of sp³-hybridized carbons (Fsp3) is 0.875. The number of nitrogens with zero attached hydrogens (tertiary/aromatic N) is 1. The average molecular weight is 156 g/mol. The lowest BCUT2D eigenvalue weighted by Gasteiger charge is -2.23. The highest BCUT2D eigenvalue weighted by Gasteiger charge is 2.50. The van der Waals surface area contributed by atoms with E-state index in [-0.39, 0.29) is 0 Å². The smallest absolute Gasteiger partial charge is 0.134 e. The van der Waals surface area contributed by atoms with E-state index in [0.717, 1.165) is 12.3 Å². The molecule has 2 heteroatoms. The van der Waals surface area contributed by atoms with Gasteiger partial charge in [0.05, 0.1) is 6.07 Å². The molecule has 0 unspecified atom stereocenters. The normalized spacial score (nSPS) is 51.2. The lowest BCUT2D eigenvalue weighted by Crippen LogP contribution is -2.26. The van der Waals surface area contributed by atoms with Gasteiger partial charge in [-0.15, -0.1) is 11.6 Å². The predicted molar refractivity (Wildman–Crippen MR) is 39.6 cm³/mol. The van der Waals surface area contributed by atoms with E-state index in [1.807, 2.05) is 0 Å². The topological polar surface area (TPSA) is 23.8 Å². The van der Waals surface area contributed by atoms with Crippen molar-refractivity contribution in [2.45, 2.75) is 30.6 Å². The van der Waals surface area contributed by atoms with Crippen LogP contribution < -0.4 is 0 Å². The highest BCUT2D eigenvalue weighted by Crippen LogP contribution is 2.53. The third-order valence-electron chi connectivity index (χ3n) is 2.96. The maximum atomic E-state index is 8.77. The van der Waals surface area contributed by atoms with E-state index in [2.05, 4.69) is 6.07 Å². The van der Waals surface area contributed by atoms with Crippen molar-refractivity contribution >= 4 is 11.6 Å². The molecular formula is C8H10ClN. The quantitative estimate of drug-likeness (QED) is 0.493. The van der Waals surface area contributed by atoms with Crippen molar-refractivity contribution < 1.29 is 0 Å². The number of fused-ring (bicyclic) bond motifs is 2. The summed E-state index contributed by atoms with van der Waals surface area (Å²) in [6.07, 6.45) is 4.63. The molecule has 2 rings (SSSR count). The summed E-state index contributed by atoms with van der Waals surface area (Å²) in [5, 5.41) is 8.77. The van der Waals surface area contributed by atoms with E-state index in [1.54, 1.807) is 0 Å². The molecule has 0 aromatic carbocycles. The molecule has 0 aromatic rings. The zero-order valence-electron chi connectivity index (χ0n) is 5.81. The standard InChI is InChI=1S/C8H10ClN/c9-8(5-10)4-6-1-2-7(8)3-6/h6-7H,1-4H2/t6-,7+,8-/m0/s1. The second-order valence-electron chi connectivity index (χ2n) is 3.55. The Kier molecular flexibility index (Phi) is 1.22. The Morgan fingerprint density at radius 2 is 2.30 bits per heavy atom. The van der Waals surface area contributed by atoms with Crippen LogP contribution in [0.2, 0.25) is 0 Å². The van der Waals surface area contributed by atoms with Gasteiger partial charge in [0.25, 0.3) is 0 Å². The molecule has 0 spiro atoms. The molecule has 0 radical (unpaired) electrons. The van der Waals surface area contributed by atoms with Gasteiger partial charge >= 0.3 is 0 Å². The summed E-state index contributed by atoms with van der Waals surface area (Å²) < 4.78 is 0. The number of alkyl halides is 1. The fourth-order valence-corrected chi connectivity index (χ4v) is 2.82. The molecule has 2 fully saturated rings. The van der Waals surface area contributed by atoms with Crippen molar-refractivity contribution in [2.75, 3.05) is 0 Å². The Morgan fingerprint density at radius 1 is 1.50 bits per heavy atom. The summed E-state index contributed by atoms with van der Waals surface area (Å²) in [4.78, 5) is -0.469. The molecule has 0 heterocycles. The molecule has 0 aliphatic heterocycles. The summed E-state index contributed by atoms with van der Waals surface area (Å²) in [5.74, 6) is 1.27. The van der Waals surface area contributed by atoms with Gasteiger partial charge in [-0.3, -0.25) is 0 Å². The van der Waals surface area contributed by atoms with Crippen molar-refractivity contribution in [2.24, 2.45) is 11.8 Å². The summed E-state index contributed by atoms with van der Waals surface area (Å²) in [7, 11) is 0. The maximum Gasteiger partial charge on any atom is 0.134 e. The van der Waals surface area contributed by atoms with Gasteiger partial charge in [0.2, 0.25) is 0 Å². The van der Waals surface area contributed by atoms with E-state index in [0.29, 0.717) is 5.92 Å². The summed E-state index contributed by atoms with van der Waals surface area (Å²) >= 11 is 6.09. The van der Waals surface area contributed by atoms with E-state index in [9.17, 15) is 0 Å². The zero-order chi connectivity index (χ0) is 7.19. The second-order valence-corrected chi connectivity index (χ2v) is 4.23. The van der Waals surface area contributed by atoms with Crippen LogP contribution >= 0.6 is 11.6 Å². The van der Waals surface area contributed by atoms with Crippen molar-refractivity contribution in [1.82, 2.24) is 0 Å². The van der Waals surface area contributed by atoms with Crippen LogP contribution in [0.3, 0.4) is 0 Å². The van der Waals surface area contributed by atoms with Crippen LogP contribution in [0.5, 0.6) is 0 Å². The molecule has 10 heavy (non-hydrogen) atoms. The minimum absolute atomic E-state index is 0.469. The van der Waals surface area contributed by atoms with E-state index < -0.39 is 4.87 Å². The summed E-state index contributed by atoms with van der Waals surface area (Å²) in [5.41, 5.74) is 0. The molecule has 0 amide bonds. The fourth-order valence-electron chi connectivity index (χ4n) is 2.40. The van der Waals surface area contributed by atoms with E-state index in [4.69, 9.17) is 16.9 Å². The van der Waals surface area contributed by atoms with E-state index in [1.165, 1.54) is 19.3 Å². The molecule has 2 saturated carbocycles. The number of nitriles is 1. The van der Waals surface area contributed by atoms with Crippen molar-refractivity contribution in [1.29, 1.82) is 5.26 Å². The second kappa shape index (κ2) is 1.89. The zero-order valence-corrected chi connectivity index (χ0v) is 6.56. The number of halogens is 1. The molecule has 1 nitrogen and oxygen atoms in total. The SMILES string of the molecule is N#C[C@@]1(Cl)C[C@H]2CC[C@@H]1C2. The van der Waals surface area contributed by atoms with Gasteiger partial charge in [0, 0.05) is 0 Å². The molecule has 2 aliphatic carbocycles. The molecule has 2 aliphatic rings. The first-order valence-electron chi connectivity index (χ1n) is 3.85. The van der Waals surface area contributed by atoms with Crippen LogP contribution in [-0.4, -0.2) is 4.87 Å². The molecule has 0 N–H and O–H groups in total. The van der Waals surface area contributed by atoms with Gasteiger partial charge in [-0.25, -0.2) is 0 Å². The Morgan fingerprint density at radius 3 is 2.60 bits per heavy atom. The van der Waals surface area contributed by atoms with Crippen LogP contribution in [0.4, 0.5) is 0 Å². The van der Waals surface area contributed by atoms with Gasteiger partial charge < -0.3 is 0 Å². The first kappa shape index (κ1) is 6.49. The maximum absolute atomic E-state index is 8.77. The van der Waals surface area contributed by atoms with Gasteiger partial charge in [-0.05, 0) is 37.5 Å². The third-order valence-corrected chi connectivity index (χ3v) is 3.51. The third kappa shape index (κ3) is 0.689. The van der Waals surface area contributed by atoms with Crippen LogP contribution in [0.25, 0.3) is 0 Å². The molecule has 0 aromatic heterocycles. The molecule has 0 saturated heterocycles. The van der Waals surface area contributed by atoms with Crippen LogP contribution in [-0.2, 0) is 0 Å². The van der Waals surface area contributed by atoms with Crippen molar-refractivity contribution in [3.8, 4) is 6.07 Å². The van der Waals surface area contributed by atoms with Gasteiger partial charge in [0.1, 0.15) is 4.87 Å². The van der Waals surface area contributed by atoms with Crippen LogP contribution in [0.15, 0.2) is 0 Å². The van der Waals surface area contributed by atoms with Crippen molar-refractivity contribution in [3.63, 3.8) is 0 Å². The summed E-state index contributed by atoms with van der Waals surface area (Å²) in [6.45, 7) is 0. The Bertz CT molecular complexity index is 196.